The van der Waals surface area contributed by atoms with Crippen molar-refractivity contribution in [2.75, 3.05) is 0 Å². The van der Waals surface area contributed by atoms with Gasteiger partial charge in [-0.3, -0.25) is 14.8 Å². The van der Waals surface area contributed by atoms with E-state index in [1.165, 1.54) is 0 Å². The largest absolute Gasteiger partial charge is 0.325 e. The molecule has 2 heterocycles. The number of nitrogens with zero attached hydrogens (tertiary/aromatic N) is 3. The van der Waals surface area contributed by atoms with Crippen molar-refractivity contribution in [2.45, 2.75) is 65.1 Å². The smallest absolute Gasteiger partial charge is 0.304 e. The topological polar surface area (TPSA) is 67.2 Å². The number of carbonyl (C=O) groups excluding carboxylic acids is 2. The van der Waals surface area contributed by atoms with Crippen LogP contribution in [0.5, 0.6) is 0 Å². The van der Waals surface area contributed by atoms with Crippen LogP contribution in [0.1, 0.15) is 58.7 Å². The van der Waals surface area contributed by atoms with Gasteiger partial charge in [-0.25, -0.2) is 4.79 Å². The first-order chi connectivity index (χ1) is 9.98. The van der Waals surface area contributed by atoms with E-state index in [1.807, 2.05) is 30.8 Å². The van der Waals surface area contributed by atoms with Gasteiger partial charge in [0.1, 0.15) is 5.54 Å². The van der Waals surface area contributed by atoms with Gasteiger partial charge in [0.15, 0.2) is 0 Å². The molecule has 1 aliphatic heterocycles. The standard InChI is InChI=1S/C15H24N4O2/c1-5-11(4)19-9-8-12(17-19)10-18-14(21)16-13(20)15(18,6-2)7-3/h8-9,11H,5-7,10H2,1-4H3,(H,16,20,21). The summed E-state index contributed by atoms with van der Waals surface area (Å²) in [7, 11) is 0. The van der Waals surface area contributed by atoms with Crippen LogP contribution in [0.15, 0.2) is 12.3 Å². The van der Waals surface area contributed by atoms with Gasteiger partial charge >= 0.3 is 6.03 Å². The third-order valence-electron chi connectivity index (χ3n) is 4.60. The van der Waals surface area contributed by atoms with Gasteiger partial charge in [0, 0.05) is 12.2 Å². The molecule has 21 heavy (non-hydrogen) atoms. The van der Waals surface area contributed by atoms with E-state index in [9.17, 15) is 9.59 Å². The van der Waals surface area contributed by atoms with Crippen molar-refractivity contribution in [3.63, 3.8) is 0 Å². The highest BCUT2D eigenvalue weighted by Gasteiger charge is 2.50. The first kappa shape index (κ1) is 15.5. The van der Waals surface area contributed by atoms with Gasteiger partial charge in [0.2, 0.25) is 0 Å². The van der Waals surface area contributed by atoms with E-state index < -0.39 is 5.54 Å². The third kappa shape index (κ3) is 2.54. The van der Waals surface area contributed by atoms with Crippen molar-refractivity contribution in [3.05, 3.63) is 18.0 Å². The van der Waals surface area contributed by atoms with Crippen molar-refractivity contribution in [1.82, 2.24) is 20.0 Å². The number of hydrogen-bond acceptors (Lipinski definition) is 3. The SMILES string of the molecule is CCC(C)n1ccc(CN2C(=O)NC(=O)C2(CC)CC)n1. The van der Waals surface area contributed by atoms with Crippen molar-refractivity contribution >= 4 is 11.9 Å². The molecule has 116 valence electrons. The van der Waals surface area contributed by atoms with Crippen LogP contribution >= 0.6 is 0 Å². The molecule has 0 aliphatic carbocycles. The molecular weight excluding hydrogens is 268 g/mol. The monoisotopic (exact) mass is 292 g/mol. The molecule has 0 radical (unpaired) electrons. The lowest BCUT2D eigenvalue weighted by Gasteiger charge is -2.33. The summed E-state index contributed by atoms with van der Waals surface area (Å²) in [5.41, 5.74) is 0.0727. The predicted molar refractivity (Wildman–Crippen MR) is 79.6 cm³/mol. The Kier molecular flexibility index (Phi) is 4.34. The fraction of sp³-hybridized carbons (Fsp3) is 0.667. The maximum absolute atomic E-state index is 12.1. The zero-order valence-electron chi connectivity index (χ0n) is 13.2. The van der Waals surface area contributed by atoms with Crippen molar-refractivity contribution < 1.29 is 9.59 Å². The Balaban J connectivity index is 2.22. The van der Waals surface area contributed by atoms with E-state index in [2.05, 4.69) is 24.3 Å². The molecule has 1 unspecified atom stereocenters. The molecule has 1 aromatic rings. The predicted octanol–water partition coefficient (Wildman–Crippen LogP) is 2.46. The molecule has 0 spiro atoms. The highest BCUT2D eigenvalue weighted by molar-refractivity contribution is 6.06. The van der Waals surface area contributed by atoms with Crippen LogP contribution in [0.2, 0.25) is 0 Å². The fourth-order valence-corrected chi connectivity index (χ4v) is 2.83. The minimum absolute atomic E-state index is 0.196. The molecule has 0 aromatic carbocycles. The van der Waals surface area contributed by atoms with E-state index in [0.717, 1.165) is 12.1 Å². The Morgan fingerprint density at radius 3 is 2.52 bits per heavy atom. The maximum Gasteiger partial charge on any atom is 0.325 e. The number of imide groups is 1. The normalized spacial score (nSPS) is 19.0. The second kappa shape index (κ2) is 5.87. The number of hydrogen-bond donors (Lipinski definition) is 1. The number of nitrogens with one attached hydrogen (secondary N) is 1. The summed E-state index contributed by atoms with van der Waals surface area (Å²) in [6.07, 6.45) is 4.14. The van der Waals surface area contributed by atoms with E-state index in [0.29, 0.717) is 25.4 Å². The van der Waals surface area contributed by atoms with Gasteiger partial charge in [-0.05, 0) is 32.3 Å². The van der Waals surface area contributed by atoms with Gasteiger partial charge in [-0.15, -0.1) is 0 Å². The lowest BCUT2D eigenvalue weighted by Crippen LogP contribution is -2.48. The Morgan fingerprint density at radius 1 is 1.29 bits per heavy atom. The number of aromatic nitrogens is 2. The molecule has 6 nitrogen and oxygen atoms in total. The van der Waals surface area contributed by atoms with Crippen molar-refractivity contribution in [3.8, 4) is 0 Å². The van der Waals surface area contributed by atoms with Crippen LogP contribution in [0, 0.1) is 0 Å². The molecule has 1 fully saturated rings. The van der Waals surface area contributed by atoms with E-state index in [-0.39, 0.29) is 11.9 Å². The summed E-state index contributed by atoms with van der Waals surface area (Å²) in [5.74, 6) is -0.196. The minimum atomic E-state index is -0.739. The zero-order valence-corrected chi connectivity index (χ0v) is 13.2. The van der Waals surface area contributed by atoms with Crippen molar-refractivity contribution in [2.24, 2.45) is 0 Å². The molecule has 3 amide bonds. The van der Waals surface area contributed by atoms with Gasteiger partial charge in [-0.1, -0.05) is 20.8 Å². The van der Waals surface area contributed by atoms with E-state index in [1.54, 1.807) is 4.90 Å². The van der Waals surface area contributed by atoms with E-state index in [4.69, 9.17) is 0 Å². The van der Waals surface area contributed by atoms with E-state index >= 15 is 0 Å². The lowest BCUT2D eigenvalue weighted by molar-refractivity contribution is -0.127. The first-order valence-electron chi connectivity index (χ1n) is 7.65. The summed E-state index contributed by atoms with van der Waals surface area (Å²) in [4.78, 5) is 25.8. The zero-order chi connectivity index (χ0) is 15.6. The summed E-state index contributed by atoms with van der Waals surface area (Å²) in [6, 6.07) is 1.93. The van der Waals surface area contributed by atoms with Gasteiger partial charge in [0.25, 0.3) is 5.91 Å². The molecule has 1 saturated heterocycles. The second-order valence-electron chi connectivity index (χ2n) is 5.63. The van der Waals surface area contributed by atoms with Crippen LogP contribution in [0.3, 0.4) is 0 Å². The first-order valence-corrected chi connectivity index (χ1v) is 7.65. The van der Waals surface area contributed by atoms with Gasteiger partial charge in [-0.2, -0.15) is 5.10 Å². The minimum Gasteiger partial charge on any atom is -0.304 e. The summed E-state index contributed by atoms with van der Waals surface area (Å²) in [5, 5.41) is 6.96. The number of rotatable bonds is 6. The van der Waals surface area contributed by atoms with Crippen LogP contribution < -0.4 is 5.32 Å². The Bertz CT molecular complexity index is 534. The summed E-state index contributed by atoms with van der Waals surface area (Å²) < 4.78 is 1.91. The second-order valence-corrected chi connectivity index (χ2v) is 5.63. The average molecular weight is 292 g/mol. The number of carbonyl (C=O) groups is 2. The molecule has 0 saturated carbocycles. The van der Waals surface area contributed by atoms with Crippen LogP contribution in [0.25, 0.3) is 0 Å². The lowest BCUT2D eigenvalue weighted by atomic mass is 9.91. The molecular formula is C15H24N4O2. The highest BCUT2D eigenvalue weighted by atomic mass is 16.2. The molecule has 0 bridgehead atoms. The third-order valence-corrected chi connectivity index (χ3v) is 4.60. The molecule has 6 heteroatoms. The Morgan fingerprint density at radius 2 is 1.95 bits per heavy atom. The Hall–Kier alpha value is -1.85. The molecule has 1 aromatic heterocycles. The van der Waals surface area contributed by atoms with Crippen LogP contribution in [0.4, 0.5) is 4.79 Å². The number of amides is 3. The van der Waals surface area contributed by atoms with Crippen LogP contribution in [-0.2, 0) is 11.3 Å². The fourth-order valence-electron chi connectivity index (χ4n) is 2.83. The maximum atomic E-state index is 12.1. The summed E-state index contributed by atoms with van der Waals surface area (Å²) >= 11 is 0. The van der Waals surface area contributed by atoms with Crippen LogP contribution in [-0.4, -0.2) is 32.2 Å². The quantitative estimate of drug-likeness (QED) is 0.819. The summed E-state index contributed by atoms with van der Waals surface area (Å²) in [6.45, 7) is 8.45. The molecule has 2 rings (SSSR count). The van der Waals surface area contributed by atoms with Crippen molar-refractivity contribution in [1.29, 1.82) is 0 Å². The Labute approximate surface area is 125 Å². The molecule has 1 atom stereocenters. The number of urea groups is 1. The van der Waals surface area contributed by atoms with Gasteiger partial charge < -0.3 is 4.90 Å². The molecule has 1 aliphatic rings. The average Bonchev–Trinajstić information content (AvgIpc) is 3.03. The molecule has 1 N–H and O–H groups in total. The highest BCUT2D eigenvalue weighted by Crippen LogP contribution is 2.30. The van der Waals surface area contributed by atoms with Gasteiger partial charge in [0.05, 0.1) is 12.2 Å².